The van der Waals surface area contributed by atoms with Crippen molar-refractivity contribution in [1.29, 1.82) is 0 Å². The lowest BCUT2D eigenvalue weighted by molar-refractivity contribution is -0.133. The van der Waals surface area contributed by atoms with Gasteiger partial charge in [0.15, 0.2) is 5.75 Å². The predicted molar refractivity (Wildman–Crippen MR) is 199 cm³/mol. The van der Waals surface area contributed by atoms with Crippen molar-refractivity contribution in [2.45, 2.75) is 63.1 Å². The van der Waals surface area contributed by atoms with Crippen LogP contribution in [0.15, 0.2) is 91.0 Å². The number of benzene rings is 4. The average Bonchev–Trinajstić information content (AvgIpc) is 3.59. The summed E-state index contributed by atoms with van der Waals surface area (Å²) in [6, 6.07) is 28.7. The lowest BCUT2D eigenvalue weighted by atomic mass is 9.86. The molecule has 2 amide bonds. The standard InChI is InChI=1S/C41H46N2O7Si/c1-26-39(48-3)32-23-27(43-33-13-7-9-15-36(33)49-34-14-8-6-12-31(34)41(43)46)16-21-35(32)50-40(26)37(24-38(45)42-22-10-11-28(42)25-44)51(4,5)30-19-17-29(47-2)18-20-30/h6-9,12-21,23,26,28,37,39-40,44H,10-11,22,24-25H2,1-5H3/t26-,28+,37?,39-,40-/m1/s1. The van der Waals surface area contributed by atoms with Crippen molar-refractivity contribution >= 4 is 36.4 Å². The van der Waals surface area contributed by atoms with E-state index in [9.17, 15) is 14.7 Å². The fourth-order valence-electron chi connectivity index (χ4n) is 8.25. The average molecular weight is 707 g/mol. The topological polar surface area (TPSA) is 97.8 Å². The number of nitrogens with zero attached hydrogens (tertiary/aromatic N) is 2. The zero-order valence-corrected chi connectivity index (χ0v) is 30.9. The van der Waals surface area contributed by atoms with Gasteiger partial charge in [-0.2, -0.15) is 0 Å². The number of rotatable bonds is 9. The van der Waals surface area contributed by atoms with E-state index in [4.69, 9.17) is 18.9 Å². The number of fused-ring (bicyclic) bond motifs is 3. The van der Waals surface area contributed by atoms with E-state index in [1.54, 1.807) is 25.2 Å². The number of hydrogen-bond acceptors (Lipinski definition) is 7. The summed E-state index contributed by atoms with van der Waals surface area (Å²) in [5.41, 5.74) is 2.51. The van der Waals surface area contributed by atoms with Crippen LogP contribution >= 0.6 is 0 Å². The zero-order valence-electron chi connectivity index (χ0n) is 29.9. The molecule has 0 bridgehead atoms. The minimum absolute atomic E-state index is 0.0325. The minimum Gasteiger partial charge on any atom is -0.497 e. The van der Waals surface area contributed by atoms with Crippen LogP contribution in [0.1, 0.15) is 48.2 Å². The summed E-state index contributed by atoms with van der Waals surface area (Å²) < 4.78 is 25.0. The van der Waals surface area contributed by atoms with E-state index in [0.717, 1.165) is 24.2 Å². The zero-order chi connectivity index (χ0) is 35.9. The minimum atomic E-state index is -2.42. The maximum atomic E-state index is 14.2. The molecule has 3 heterocycles. The molecular weight excluding hydrogens is 661 g/mol. The maximum Gasteiger partial charge on any atom is 0.266 e. The summed E-state index contributed by atoms with van der Waals surface area (Å²) in [6.45, 7) is 7.36. The number of hydrogen-bond donors (Lipinski definition) is 1. The van der Waals surface area contributed by atoms with Gasteiger partial charge >= 0.3 is 0 Å². The molecule has 10 heteroatoms. The van der Waals surface area contributed by atoms with Crippen LogP contribution in [-0.2, 0) is 9.53 Å². The Kier molecular flexibility index (Phi) is 9.67. The van der Waals surface area contributed by atoms with E-state index >= 15 is 0 Å². The lowest BCUT2D eigenvalue weighted by Crippen LogP contribution is -2.55. The number of ether oxygens (including phenoxy) is 4. The largest absolute Gasteiger partial charge is 0.497 e. The van der Waals surface area contributed by atoms with Gasteiger partial charge in [0.25, 0.3) is 5.91 Å². The third-order valence-electron chi connectivity index (χ3n) is 11.2. The molecule has 4 aromatic carbocycles. The van der Waals surface area contributed by atoms with Gasteiger partial charge in [-0.3, -0.25) is 14.5 Å². The maximum absolute atomic E-state index is 14.2. The molecule has 7 rings (SSSR count). The monoisotopic (exact) mass is 706 g/mol. The quantitative estimate of drug-likeness (QED) is 0.184. The Morgan fingerprint density at radius 2 is 1.69 bits per heavy atom. The second kappa shape index (κ2) is 14.2. The number of aliphatic hydroxyl groups is 1. The Morgan fingerprint density at radius 1 is 0.961 bits per heavy atom. The van der Waals surface area contributed by atoms with Crippen LogP contribution in [0.3, 0.4) is 0 Å². The number of likely N-dealkylation sites (tertiary alicyclic amines) is 1. The molecule has 5 atom stereocenters. The van der Waals surface area contributed by atoms with Gasteiger partial charge < -0.3 is 29.0 Å². The van der Waals surface area contributed by atoms with Crippen molar-refractivity contribution in [2.75, 3.05) is 32.3 Å². The SMILES string of the molecule is COc1ccc([Si](C)(C)C(CC(=O)N2CCC[C@H]2CO)[C@@H]2Oc3ccc(N4C(=O)c5ccccc5Oc5ccccc54)cc3[C@H](OC)[C@H]2C)cc1. The molecule has 0 aliphatic carbocycles. The first-order valence-electron chi connectivity index (χ1n) is 17.7. The smallest absolute Gasteiger partial charge is 0.266 e. The highest BCUT2D eigenvalue weighted by Crippen LogP contribution is 2.50. The molecule has 0 spiro atoms. The van der Waals surface area contributed by atoms with Gasteiger partial charge in [-0.25, -0.2) is 0 Å². The summed E-state index contributed by atoms with van der Waals surface area (Å²) in [7, 11) is 0.944. The molecule has 1 fully saturated rings. The number of para-hydroxylation sites is 3. The molecule has 1 N–H and O–H groups in total. The Bertz CT molecular complexity index is 1910. The van der Waals surface area contributed by atoms with E-state index in [2.05, 4.69) is 32.2 Å². The van der Waals surface area contributed by atoms with Gasteiger partial charge in [-0.1, -0.05) is 61.6 Å². The fraction of sp³-hybridized carbons (Fsp3) is 0.366. The molecule has 0 radical (unpaired) electrons. The molecule has 0 saturated carbocycles. The first kappa shape index (κ1) is 34.8. The molecular formula is C41H46N2O7Si. The molecule has 1 unspecified atom stereocenters. The van der Waals surface area contributed by atoms with Crippen LogP contribution in [0, 0.1) is 5.92 Å². The van der Waals surface area contributed by atoms with Gasteiger partial charge in [0.2, 0.25) is 5.91 Å². The lowest BCUT2D eigenvalue weighted by Gasteiger charge is -2.46. The molecule has 266 valence electrons. The molecule has 1 saturated heterocycles. The summed E-state index contributed by atoms with van der Waals surface area (Å²) in [5.74, 6) is 2.27. The number of aliphatic hydroxyl groups excluding tert-OH is 1. The molecule has 0 aromatic heterocycles. The Balaban J connectivity index is 1.28. The molecule has 51 heavy (non-hydrogen) atoms. The normalized spacial score (nSPS) is 21.8. The van der Waals surface area contributed by atoms with E-state index in [1.807, 2.05) is 77.7 Å². The van der Waals surface area contributed by atoms with Crippen LogP contribution in [-0.4, -0.2) is 69.4 Å². The van der Waals surface area contributed by atoms with E-state index in [-0.39, 0.29) is 48.1 Å². The van der Waals surface area contributed by atoms with Crippen LogP contribution < -0.4 is 24.3 Å². The Labute approximate surface area is 300 Å². The third-order valence-corrected chi connectivity index (χ3v) is 15.4. The highest BCUT2D eigenvalue weighted by atomic mass is 28.3. The van der Waals surface area contributed by atoms with Gasteiger partial charge in [-0.05, 0) is 67.4 Å². The number of anilines is 2. The van der Waals surface area contributed by atoms with Gasteiger partial charge in [-0.15, -0.1) is 0 Å². The van der Waals surface area contributed by atoms with Crippen LogP contribution in [0.4, 0.5) is 11.4 Å². The fourth-order valence-corrected chi connectivity index (χ4v) is 11.6. The van der Waals surface area contributed by atoms with Crippen LogP contribution in [0.5, 0.6) is 23.0 Å². The van der Waals surface area contributed by atoms with Crippen molar-refractivity contribution in [3.8, 4) is 23.0 Å². The van der Waals surface area contributed by atoms with E-state index < -0.39 is 8.07 Å². The van der Waals surface area contributed by atoms with E-state index in [0.29, 0.717) is 47.2 Å². The van der Waals surface area contributed by atoms with E-state index in [1.165, 1.54) is 5.19 Å². The Morgan fingerprint density at radius 3 is 2.41 bits per heavy atom. The second-order valence-electron chi connectivity index (χ2n) is 14.4. The van der Waals surface area contributed by atoms with Crippen molar-refractivity contribution in [2.24, 2.45) is 5.92 Å². The molecule has 3 aliphatic heterocycles. The number of methoxy groups -OCH3 is 2. The van der Waals surface area contributed by atoms with Crippen LogP contribution in [0.2, 0.25) is 18.6 Å². The predicted octanol–water partition coefficient (Wildman–Crippen LogP) is 7.22. The highest BCUT2D eigenvalue weighted by Gasteiger charge is 2.49. The summed E-state index contributed by atoms with van der Waals surface area (Å²) in [5, 5.41) is 11.3. The first-order chi connectivity index (χ1) is 24.7. The van der Waals surface area contributed by atoms with Gasteiger partial charge in [0.05, 0.1) is 50.9 Å². The summed E-state index contributed by atoms with van der Waals surface area (Å²) in [6.07, 6.45) is 1.30. The second-order valence-corrected chi connectivity index (χ2v) is 19.1. The van der Waals surface area contributed by atoms with Crippen molar-refractivity contribution < 1.29 is 33.6 Å². The molecule has 4 aromatic rings. The highest BCUT2D eigenvalue weighted by molar-refractivity contribution is 6.91. The first-order valence-corrected chi connectivity index (χ1v) is 20.8. The number of carbonyl (C=O) groups excluding carboxylic acids is 2. The summed E-state index contributed by atoms with van der Waals surface area (Å²) >= 11 is 0. The Hall–Kier alpha value is -4.64. The van der Waals surface area contributed by atoms with Crippen molar-refractivity contribution in [3.63, 3.8) is 0 Å². The number of carbonyl (C=O) groups is 2. The third kappa shape index (κ3) is 6.30. The van der Waals surface area contributed by atoms with Crippen molar-refractivity contribution in [3.05, 3.63) is 102 Å². The van der Waals surface area contributed by atoms with Gasteiger partial charge in [0.1, 0.15) is 23.4 Å². The van der Waals surface area contributed by atoms with Crippen LogP contribution in [0.25, 0.3) is 0 Å². The number of amides is 2. The van der Waals surface area contributed by atoms with Gasteiger partial charge in [0, 0.05) is 37.1 Å². The molecule has 3 aliphatic rings. The summed E-state index contributed by atoms with van der Waals surface area (Å²) in [4.78, 5) is 31.9. The van der Waals surface area contributed by atoms with Crippen molar-refractivity contribution in [1.82, 2.24) is 4.90 Å². The molecule has 9 nitrogen and oxygen atoms in total.